The van der Waals surface area contributed by atoms with Gasteiger partial charge in [0.1, 0.15) is 16.6 Å². The molecule has 4 rings (SSSR count). The summed E-state index contributed by atoms with van der Waals surface area (Å²) in [5.41, 5.74) is 1.31. The standard InChI is InChI=1S/C11H12N2O2S.C8H9O3P/c1-3-8-6-13(11(14)12-10(8)16)9-5-4-7(2)15-9;1-9-12-10-6-7-4-2-3-5-8(7)11-12/h1,6-7,9H,4-5H2,2H3,(H,12,14,16);2-5H,6H2,1H3. The molecule has 1 saturated heterocycles. The third-order valence-corrected chi connectivity index (χ3v) is 5.57. The van der Waals surface area contributed by atoms with Gasteiger partial charge in [-0.3, -0.25) is 14.1 Å². The Bertz CT molecular complexity index is 983. The monoisotopic (exact) mass is 420 g/mol. The lowest BCUT2D eigenvalue weighted by atomic mass is 10.2. The van der Waals surface area contributed by atoms with Crippen LogP contribution < -0.4 is 10.2 Å². The molecular weight excluding hydrogens is 399 g/mol. The minimum atomic E-state index is -1.16. The van der Waals surface area contributed by atoms with Crippen LogP contribution in [0.5, 0.6) is 5.75 Å². The molecule has 9 heteroatoms. The number of hydrogen-bond acceptors (Lipinski definition) is 6. The van der Waals surface area contributed by atoms with Gasteiger partial charge >= 0.3 is 14.3 Å². The molecule has 0 aliphatic carbocycles. The third kappa shape index (κ3) is 4.88. The van der Waals surface area contributed by atoms with Crippen molar-refractivity contribution in [2.75, 3.05) is 7.11 Å². The Kier molecular flexibility index (Phi) is 7.00. The predicted molar refractivity (Wildman–Crippen MR) is 108 cm³/mol. The van der Waals surface area contributed by atoms with Gasteiger partial charge in [-0.2, -0.15) is 0 Å². The van der Waals surface area contributed by atoms with E-state index >= 15 is 0 Å². The second kappa shape index (κ2) is 9.46. The van der Waals surface area contributed by atoms with Gasteiger partial charge in [-0.25, -0.2) is 4.79 Å². The number of hydrogen-bond donors (Lipinski definition) is 1. The normalized spacial score (nSPS) is 23.0. The Morgan fingerprint density at radius 2 is 2.18 bits per heavy atom. The molecule has 28 heavy (non-hydrogen) atoms. The van der Waals surface area contributed by atoms with Crippen LogP contribution in [0.25, 0.3) is 0 Å². The molecule has 2 aliphatic rings. The van der Waals surface area contributed by atoms with Crippen LogP contribution in [0, 0.1) is 17.0 Å². The zero-order valence-corrected chi connectivity index (χ0v) is 17.3. The summed E-state index contributed by atoms with van der Waals surface area (Å²) < 4.78 is 23.0. The first-order valence-corrected chi connectivity index (χ1v) is 10.2. The molecule has 0 bridgehead atoms. The zero-order chi connectivity index (χ0) is 20.1. The summed E-state index contributed by atoms with van der Waals surface area (Å²) in [7, 11) is 0.427. The zero-order valence-electron chi connectivity index (χ0n) is 15.6. The lowest BCUT2D eigenvalue weighted by Gasteiger charge is -2.22. The maximum atomic E-state index is 11.7. The molecule has 148 valence electrons. The van der Waals surface area contributed by atoms with E-state index in [1.165, 1.54) is 4.57 Å². The highest BCUT2D eigenvalue weighted by atomic mass is 32.1. The Labute approximate surface area is 169 Å². The van der Waals surface area contributed by atoms with Gasteiger partial charge in [-0.1, -0.05) is 36.3 Å². The van der Waals surface area contributed by atoms with Crippen LogP contribution in [-0.4, -0.2) is 22.8 Å². The van der Waals surface area contributed by atoms with Gasteiger partial charge in [-0.15, -0.1) is 6.42 Å². The highest BCUT2D eigenvalue weighted by molar-refractivity contribution is 7.71. The number of benzene rings is 1. The summed E-state index contributed by atoms with van der Waals surface area (Å²) in [6.07, 6.45) is 8.59. The number of nitrogens with zero attached hydrogens (tertiary/aromatic N) is 1. The lowest BCUT2D eigenvalue weighted by molar-refractivity contribution is 0.00791. The smallest absolute Gasteiger partial charge is 0.397 e. The summed E-state index contributed by atoms with van der Waals surface area (Å²) >= 11 is 4.94. The summed E-state index contributed by atoms with van der Waals surface area (Å²) in [6, 6.07) is 7.81. The van der Waals surface area contributed by atoms with Crippen LogP contribution in [0.2, 0.25) is 0 Å². The molecule has 3 heterocycles. The van der Waals surface area contributed by atoms with Gasteiger partial charge in [0.2, 0.25) is 0 Å². The molecule has 0 spiro atoms. The average Bonchev–Trinajstić information content (AvgIpc) is 3.14. The maximum absolute atomic E-state index is 11.7. The molecule has 7 nitrogen and oxygen atoms in total. The van der Waals surface area contributed by atoms with Crippen molar-refractivity contribution in [1.82, 2.24) is 9.55 Å². The summed E-state index contributed by atoms with van der Waals surface area (Å²) in [5.74, 6) is 3.32. The molecule has 0 radical (unpaired) electrons. The van der Waals surface area contributed by atoms with Crippen LogP contribution in [0.1, 0.15) is 37.1 Å². The fraction of sp³-hybridized carbons (Fsp3) is 0.368. The van der Waals surface area contributed by atoms with Crippen LogP contribution in [0.15, 0.2) is 35.3 Å². The van der Waals surface area contributed by atoms with Gasteiger partial charge in [0.05, 0.1) is 18.3 Å². The fourth-order valence-corrected chi connectivity index (χ4v) is 3.83. The third-order valence-electron chi connectivity index (χ3n) is 4.26. The molecule has 1 fully saturated rings. The molecule has 3 atom stereocenters. The van der Waals surface area contributed by atoms with E-state index in [2.05, 4.69) is 10.9 Å². The maximum Gasteiger partial charge on any atom is 0.397 e. The van der Waals surface area contributed by atoms with Crippen molar-refractivity contribution in [3.8, 4) is 18.1 Å². The number of aromatic nitrogens is 2. The summed E-state index contributed by atoms with van der Waals surface area (Å²) in [4.78, 5) is 14.2. The summed E-state index contributed by atoms with van der Waals surface area (Å²) in [5, 5.41) is 0. The Morgan fingerprint density at radius 3 is 2.86 bits per heavy atom. The Hall–Kier alpha value is -2.01. The molecule has 2 aromatic rings. The Balaban J connectivity index is 0.000000167. The van der Waals surface area contributed by atoms with E-state index in [0.717, 1.165) is 24.2 Å². The van der Waals surface area contributed by atoms with E-state index in [-0.39, 0.29) is 18.0 Å². The molecule has 0 amide bonds. The number of terminal acetylenes is 1. The second-order valence-corrected chi connectivity index (χ2v) is 7.87. The Morgan fingerprint density at radius 1 is 1.39 bits per heavy atom. The van der Waals surface area contributed by atoms with Crippen molar-refractivity contribution in [3.63, 3.8) is 0 Å². The van der Waals surface area contributed by atoms with Gasteiger partial charge in [0.25, 0.3) is 0 Å². The van der Waals surface area contributed by atoms with E-state index in [4.69, 9.17) is 36.9 Å². The van der Waals surface area contributed by atoms with E-state index in [0.29, 0.717) is 16.8 Å². The fourth-order valence-electron chi connectivity index (χ4n) is 2.82. The molecule has 1 aromatic heterocycles. The predicted octanol–water partition coefficient (Wildman–Crippen LogP) is 4.05. The molecule has 3 unspecified atom stereocenters. The van der Waals surface area contributed by atoms with E-state index in [9.17, 15) is 4.79 Å². The number of fused-ring (bicyclic) bond motifs is 1. The number of aromatic amines is 1. The minimum absolute atomic E-state index is 0.175. The van der Waals surface area contributed by atoms with Crippen molar-refractivity contribution >= 4 is 20.8 Å². The van der Waals surface area contributed by atoms with E-state index < -0.39 is 8.60 Å². The molecule has 2 aliphatic heterocycles. The van der Waals surface area contributed by atoms with Crippen LogP contribution in [-0.2, 0) is 20.4 Å². The molecular formula is C19H21N2O5PS. The number of H-pyrrole nitrogens is 1. The molecule has 1 aromatic carbocycles. The molecule has 0 saturated carbocycles. The van der Waals surface area contributed by atoms with Crippen molar-refractivity contribution in [2.45, 2.75) is 38.7 Å². The average molecular weight is 420 g/mol. The highest BCUT2D eigenvalue weighted by Gasteiger charge is 2.24. The molecule has 1 N–H and O–H groups in total. The quantitative estimate of drug-likeness (QED) is 0.449. The van der Waals surface area contributed by atoms with Crippen LogP contribution in [0.4, 0.5) is 0 Å². The topological polar surface area (TPSA) is 74.7 Å². The van der Waals surface area contributed by atoms with Crippen molar-refractivity contribution in [1.29, 1.82) is 0 Å². The van der Waals surface area contributed by atoms with Gasteiger partial charge in [0, 0.05) is 18.9 Å². The number of ether oxygens (including phenoxy) is 1. The minimum Gasteiger partial charge on any atom is -0.426 e. The van der Waals surface area contributed by atoms with Crippen molar-refractivity contribution < 1.29 is 18.3 Å². The highest BCUT2D eigenvalue weighted by Crippen LogP contribution is 2.46. The summed E-state index contributed by atoms with van der Waals surface area (Å²) in [6.45, 7) is 2.56. The van der Waals surface area contributed by atoms with Gasteiger partial charge < -0.3 is 13.8 Å². The number of para-hydroxylation sites is 1. The van der Waals surface area contributed by atoms with Crippen LogP contribution >= 0.6 is 20.8 Å². The lowest BCUT2D eigenvalue weighted by Crippen LogP contribution is -2.27. The number of rotatable bonds is 2. The van der Waals surface area contributed by atoms with E-state index in [1.807, 2.05) is 31.2 Å². The van der Waals surface area contributed by atoms with Crippen molar-refractivity contribution in [3.05, 3.63) is 56.7 Å². The first kappa shape index (κ1) is 20.7. The van der Waals surface area contributed by atoms with E-state index in [1.54, 1.807) is 13.3 Å². The van der Waals surface area contributed by atoms with Gasteiger partial charge in [0.15, 0.2) is 0 Å². The first-order valence-electron chi connectivity index (χ1n) is 8.72. The van der Waals surface area contributed by atoms with Gasteiger partial charge in [-0.05, 0) is 25.8 Å². The van der Waals surface area contributed by atoms with Crippen LogP contribution in [0.3, 0.4) is 0 Å². The SMILES string of the molecule is C#Cc1cn(C2CCC(C)O2)c(=O)[nH]c1=S.COP1OCc2ccccc2O1. The largest absolute Gasteiger partial charge is 0.426 e. The second-order valence-electron chi connectivity index (χ2n) is 6.21. The first-order chi connectivity index (χ1) is 13.5. The van der Waals surface area contributed by atoms with Crippen molar-refractivity contribution in [2.24, 2.45) is 0 Å². The number of nitrogens with one attached hydrogen (secondary N) is 1.